The van der Waals surface area contributed by atoms with Crippen LogP contribution in [-0.2, 0) is 0 Å². The SMILES string of the molecule is O=c1c2cc(F)cnc2n(-c2ccc(F)c(F)c2)c(=O)n1[C@@H]1CCNC1. The van der Waals surface area contributed by atoms with E-state index in [9.17, 15) is 22.8 Å². The first-order chi connectivity index (χ1) is 12.5. The van der Waals surface area contributed by atoms with E-state index in [1.165, 1.54) is 6.07 Å². The minimum atomic E-state index is -1.15. The third kappa shape index (κ3) is 2.51. The summed E-state index contributed by atoms with van der Waals surface area (Å²) < 4.78 is 42.6. The van der Waals surface area contributed by atoms with Crippen molar-refractivity contribution in [3.05, 3.63) is 68.8 Å². The Labute approximate surface area is 144 Å². The molecule has 0 radical (unpaired) electrons. The summed E-state index contributed by atoms with van der Waals surface area (Å²) in [5, 5.41) is 2.94. The molecule has 0 unspecified atom stereocenters. The number of fused-ring (bicyclic) bond motifs is 1. The lowest BCUT2D eigenvalue weighted by molar-refractivity contribution is 0.495. The molecule has 0 saturated carbocycles. The standard InChI is InChI=1S/C17H13F3N4O2/c18-9-5-12-15(22-7-9)23(10-1-2-13(19)14(20)6-10)17(26)24(16(12)25)11-3-4-21-8-11/h1-2,5-7,11,21H,3-4,8H2/t11-/m1/s1. The van der Waals surface area contributed by atoms with Crippen molar-refractivity contribution < 1.29 is 13.2 Å². The molecule has 1 atom stereocenters. The monoisotopic (exact) mass is 362 g/mol. The number of hydrogen-bond acceptors (Lipinski definition) is 4. The molecule has 1 saturated heterocycles. The number of aromatic nitrogens is 3. The van der Waals surface area contributed by atoms with Crippen LogP contribution >= 0.6 is 0 Å². The maximum Gasteiger partial charge on any atom is 0.337 e. The van der Waals surface area contributed by atoms with Crippen molar-refractivity contribution in [2.45, 2.75) is 12.5 Å². The summed E-state index contributed by atoms with van der Waals surface area (Å²) in [7, 11) is 0. The van der Waals surface area contributed by atoms with Gasteiger partial charge in [-0.3, -0.25) is 9.36 Å². The molecule has 1 fully saturated rings. The van der Waals surface area contributed by atoms with Crippen molar-refractivity contribution in [2.75, 3.05) is 13.1 Å². The molecule has 9 heteroatoms. The molecule has 0 aliphatic carbocycles. The van der Waals surface area contributed by atoms with Gasteiger partial charge in [0.05, 0.1) is 23.3 Å². The smallest absolute Gasteiger partial charge is 0.315 e. The highest BCUT2D eigenvalue weighted by molar-refractivity contribution is 5.75. The van der Waals surface area contributed by atoms with Crippen LogP contribution in [0.25, 0.3) is 16.7 Å². The zero-order chi connectivity index (χ0) is 18.4. The summed E-state index contributed by atoms with van der Waals surface area (Å²) in [5.41, 5.74) is -1.52. The third-order valence-corrected chi connectivity index (χ3v) is 4.45. The fourth-order valence-electron chi connectivity index (χ4n) is 3.22. The maximum atomic E-state index is 13.7. The van der Waals surface area contributed by atoms with Crippen LogP contribution < -0.4 is 16.6 Å². The van der Waals surface area contributed by atoms with Crippen molar-refractivity contribution in [1.29, 1.82) is 0 Å². The topological polar surface area (TPSA) is 68.9 Å². The summed E-state index contributed by atoms with van der Waals surface area (Å²) in [6, 6.07) is 3.48. The quantitative estimate of drug-likeness (QED) is 0.750. The van der Waals surface area contributed by atoms with Gasteiger partial charge in [-0.2, -0.15) is 0 Å². The Morgan fingerprint density at radius 3 is 2.62 bits per heavy atom. The van der Waals surface area contributed by atoms with Crippen LogP contribution in [0.2, 0.25) is 0 Å². The van der Waals surface area contributed by atoms with E-state index in [-0.39, 0.29) is 16.7 Å². The molecule has 3 heterocycles. The Kier molecular flexibility index (Phi) is 3.87. The average molecular weight is 362 g/mol. The zero-order valence-electron chi connectivity index (χ0n) is 13.4. The molecule has 4 rings (SSSR count). The van der Waals surface area contributed by atoms with E-state index in [1.807, 2.05) is 0 Å². The molecule has 3 aromatic rings. The summed E-state index contributed by atoms with van der Waals surface area (Å²) >= 11 is 0. The van der Waals surface area contributed by atoms with Gasteiger partial charge in [-0.15, -0.1) is 0 Å². The van der Waals surface area contributed by atoms with E-state index >= 15 is 0 Å². The molecular weight excluding hydrogens is 349 g/mol. The van der Waals surface area contributed by atoms with Gasteiger partial charge >= 0.3 is 5.69 Å². The second-order valence-corrected chi connectivity index (χ2v) is 6.06. The number of hydrogen-bond donors (Lipinski definition) is 1. The zero-order valence-corrected chi connectivity index (χ0v) is 13.4. The molecule has 26 heavy (non-hydrogen) atoms. The lowest BCUT2D eigenvalue weighted by Gasteiger charge is -2.17. The second-order valence-electron chi connectivity index (χ2n) is 6.06. The second kappa shape index (κ2) is 6.10. The van der Waals surface area contributed by atoms with Crippen LogP contribution in [0.4, 0.5) is 13.2 Å². The Morgan fingerprint density at radius 2 is 1.92 bits per heavy atom. The highest BCUT2D eigenvalue weighted by Crippen LogP contribution is 2.18. The fraction of sp³-hybridized carbons (Fsp3) is 0.235. The molecule has 2 aromatic heterocycles. The van der Waals surface area contributed by atoms with E-state index in [0.29, 0.717) is 19.5 Å². The number of pyridine rings is 1. The Hall–Kier alpha value is -2.94. The van der Waals surface area contributed by atoms with E-state index < -0.39 is 34.7 Å². The molecule has 0 amide bonds. The summed E-state index contributed by atoms with van der Waals surface area (Å²) in [4.78, 5) is 29.6. The molecule has 1 aromatic carbocycles. The predicted molar refractivity (Wildman–Crippen MR) is 88.0 cm³/mol. The molecule has 6 nitrogen and oxygen atoms in total. The van der Waals surface area contributed by atoms with Crippen molar-refractivity contribution in [2.24, 2.45) is 0 Å². The van der Waals surface area contributed by atoms with E-state index in [4.69, 9.17) is 0 Å². The van der Waals surface area contributed by atoms with Crippen LogP contribution in [-0.4, -0.2) is 27.2 Å². The first-order valence-corrected chi connectivity index (χ1v) is 7.96. The van der Waals surface area contributed by atoms with E-state index in [1.54, 1.807) is 0 Å². The minimum Gasteiger partial charge on any atom is -0.315 e. The highest BCUT2D eigenvalue weighted by atomic mass is 19.2. The highest BCUT2D eigenvalue weighted by Gasteiger charge is 2.24. The van der Waals surface area contributed by atoms with Gasteiger partial charge in [-0.1, -0.05) is 0 Å². The maximum absolute atomic E-state index is 13.7. The first kappa shape index (κ1) is 16.5. The van der Waals surface area contributed by atoms with Crippen LogP contribution in [0.5, 0.6) is 0 Å². The van der Waals surface area contributed by atoms with Gasteiger partial charge in [-0.05, 0) is 31.2 Å². The van der Waals surface area contributed by atoms with E-state index in [2.05, 4.69) is 10.3 Å². The largest absolute Gasteiger partial charge is 0.337 e. The summed E-state index contributed by atoms with van der Waals surface area (Å²) in [6.45, 7) is 1.03. The molecule has 1 aliphatic rings. The summed E-state index contributed by atoms with van der Waals surface area (Å²) in [6.07, 6.45) is 1.40. The van der Waals surface area contributed by atoms with Crippen LogP contribution in [0.15, 0.2) is 40.1 Å². The van der Waals surface area contributed by atoms with Crippen molar-refractivity contribution >= 4 is 11.0 Å². The van der Waals surface area contributed by atoms with Crippen molar-refractivity contribution in [1.82, 2.24) is 19.4 Å². The molecule has 0 spiro atoms. The predicted octanol–water partition coefficient (Wildman–Crippen LogP) is 1.50. The van der Waals surface area contributed by atoms with Crippen molar-refractivity contribution in [3.8, 4) is 5.69 Å². The van der Waals surface area contributed by atoms with Gasteiger partial charge in [0, 0.05) is 12.6 Å². The number of nitrogens with one attached hydrogen (secondary N) is 1. The summed E-state index contributed by atoms with van der Waals surface area (Å²) in [5.74, 6) is -2.95. The Balaban J connectivity index is 2.12. The number of halogens is 3. The molecular formula is C17H13F3N4O2. The molecule has 1 aliphatic heterocycles. The number of rotatable bonds is 2. The van der Waals surface area contributed by atoms with E-state index in [0.717, 1.165) is 33.5 Å². The van der Waals surface area contributed by atoms with Gasteiger partial charge < -0.3 is 5.32 Å². The van der Waals surface area contributed by atoms with Crippen molar-refractivity contribution in [3.63, 3.8) is 0 Å². The minimum absolute atomic E-state index is 0.00212. The van der Waals surface area contributed by atoms with Crippen LogP contribution in [0.3, 0.4) is 0 Å². The lowest BCUT2D eigenvalue weighted by atomic mass is 10.2. The van der Waals surface area contributed by atoms with Gasteiger partial charge in [-0.25, -0.2) is 27.5 Å². The number of nitrogens with zero attached hydrogens (tertiary/aromatic N) is 3. The fourth-order valence-corrected chi connectivity index (χ4v) is 3.22. The normalized spacial score (nSPS) is 17.1. The molecule has 134 valence electrons. The molecule has 1 N–H and O–H groups in total. The van der Waals surface area contributed by atoms with Gasteiger partial charge in [0.1, 0.15) is 5.82 Å². The number of benzene rings is 1. The van der Waals surface area contributed by atoms with Gasteiger partial charge in [0.15, 0.2) is 17.3 Å². The van der Waals surface area contributed by atoms with Gasteiger partial charge in [0.2, 0.25) is 0 Å². The lowest BCUT2D eigenvalue weighted by Crippen LogP contribution is -2.42. The first-order valence-electron chi connectivity index (χ1n) is 7.96. The van der Waals surface area contributed by atoms with Gasteiger partial charge in [0.25, 0.3) is 5.56 Å². The van der Waals surface area contributed by atoms with Crippen LogP contribution in [0, 0.1) is 17.5 Å². The average Bonchev–Trinajstić information content (AvgIpc) is 3.13. The molecule has 0 bridgehead atoms. The Bertz CT molecular complexity index is 1130. The van der Waals surface area contributed by atoms with Crippen LogP contribution in [0.1, 0.15) is 12.5 Å². The third-order valence-electron chi connectivity index (χ3n) is 4.45. The Morgan fingerprint density at radius 1 is 1.12 bits per heavy atom.